The van der Waals surface area contributed by atoms with E-state index < -0.39 is 32.3 Å². The molecule has 92 heavy (non-hydrogen) atoms. The van der Waals surface area contributed by atoms with Crippen LogP contribution in [0.2, 0.25) is 78.6 Å². The molecule has 0 amide bonds. The third-order valence-corrected chi connectivity index (χ3v) is 27.2. The maximum absolute atomic E-state index is 18.7. The van der Waals surface area contributed by atoms with Gasteiger partial charge in [-0.1, -0.05) is 293 Å². The summed E-state index contributed by atoms with van der Waals surface area (Å²) < 4.78 is 37.4. The Morgan fingerprint density at radius 2 is 0.543 bits per heavy atom. The van der Waals surface area contributed by atoms with Gasteiger partial charge in [-0.2, -0.15) is 0 Å². The topological polar surface area (TPSA) is 6.48 Å². The quantitative estimate of drug-likeness (QED) is 0.0791. The smallest absolute Gasteiger partial charge is 0.148 e. The summed E-state index contributed by atoms with van der Waals surface area (Å²) in [7, 11) is -6.60. The summed E-state index contributed by atoms with van der Waals surface area (Å²) in [6.07, 6.45) is 0. The van der Waals surface area contributed by atoms with Gasteiger partial charge in [-0.25, -0.2) is 8.78 Å². The monoisotopic (exact) mass is 1260 g/mol. The molecule has 0 saturated carbocycles. The predicted octanol–water partition coefficient (Wildman–Crippen LogP) is 23.0. The van der Waals surface area contributed by atoms with Crippen molar-refractivity contribution in [3.05, 3.63) is 266 Å². The molecule has 454 valence electrons. The van der Waals surface area contributed by atoms with Crippen molar-refractivity contribution in [1.29, 1.82) is 0 Å². The average molecular weight is 1270 g/mol. The van der Waals surface area contributed by atoms with Crippen molar-refractivity contribution in [2.45, 2.75) is 78.6 Å². The molecule has 0 saturated heterocycles. The molecule has 14 rings (SSSR count). The standard InChI is InChI=1S/C84H78F2N2Si4/c1-89(2,3)69-37-23-57(24-38-69)65-51-75(59-27-41-71(42-28-59)91(7,8)9)83(77(85)53-65)87(67-35-21-55-17-13-15-19-63(55)49-67)79-47-33-61-32-46-74-80(48-34-62-31-45-73(79)81(61)82(62)74)88(68-36-22-56-18-14-16-20-64(56)50-68)84-76(60-29-43-72(44-30-60)92(10,11)12)52-66(54-78(84)86)58-25-39-70(40-26-58)90(4,5)6/h13-54H,1-12H3. The molecular formula is C84H78F2N2Si4. The Balaban J connectivity index is 1.03. The average Bonchev–Trinajstić information content (AvgIpc) is 0.730. The first-order chi connectivity index (χ1) is 43.9. The van der Waals surface area contributed by atoms with Crippen LogP contribution in [0, 0.1) is 11.6 Å². The first-order valence-electron chi connectivity index (χ1n) is 32.3. The number of nitrogens with zero attached hydrogens (tertiary/aromatic N) is 2. The van der Waals surface area contributed by atoms with Crippen LogP contribution in [-0.4, -0.2) is 32.3 Å². The van der Waals surface area contributed by atoms with E-state index in [0.717, 1.165) is 121 Å². The zero-order chi connectivity index (χ0) is 64.2. The van der Waals surface area contributed by atoms with Gasteiger partial charge in [-0.3, -0.25) is 0 Å². The van der Waals surface area contributed by atoms with E-state index in [1.54, 1.807) is 12.1 Å². The second kappa shape index (κ2) is 23.0. The molecule has 0 N–H and O–H groups in total. The molecule has 14 aromatic carbocycles. The maximum Gasteiger partial charge on any atom is 0.148 e. The molecule has 2 nitrogen and oxygen atoms in total. The van der Waals surface area contributed by atoms with E-state index in [1.807, 2.05) is 0 Å². The molecule has 0 aliphatic carbocycles. The van der Waals surface area contributed by atoms with Gasteiger partial charge in [0, 0.05) is 33.3 Å². The zero-order valence-electron chi connectivity index (χ0n) is 54.9. The Bertz CT molecular complexity index is 4820. The molecule has 0 fully saturated rings. The van der Waals surface area contributed by atoms with Crippen LogP contribution in [0.25, 0.3) is 98.4 Å². The van der Waals surface area contributed by atoms with Crippen LogP contribution in [-0.2, 0) is 0 Å². The first-order valence-corrected chi connectivity index (χ1v) is 46.3. The molecule has 0 heterocycles. The zero-order valence-corrected chi connectivity index (χ0v) is 58.9. The SMILES string of the molecule is C[Si](C)(C)c1ccc(-c2cc(F)c(N(c3ccc4ccccc4c3)c3ccc4ccc5c(N(c6ccc7ccccc7c6)c6c(F)cc(-c7ccc([Si](C)(C)C)cc7)cc6-c6ccc([Si](C)(C)C)cc6)ccc6ccc3c4c65)c(-c3ccc([Si](C)(C)C)cc3)c2)cc1. The largest absolute Gasteiger partial charge is 0.307 e. The highest BCUT2D eigenvalue weighted by Crippen LogP contribution is 2.52. The number of anilines is 6. The number of benzene rings is 14. The maximum atomic E-state index is 18.7. The Kier molecular flexibility index (Phi) is 15.1. The number of fused-ring (bicyclic) bond motifs is 2. The third-order valence-electron chi connectivity index (χ3n) is 18.9. The molecule has 8 heteroatoms. The van der Waals surface area contributed by atoms with Crippen LogP contribution in [0.1, 0.15) is 0 Å². The van der Waals surface area contributed by atoms with Gasteiger partial charge < -0.3 is 9.80 Å². The van der Waals surface area contributed by atoms with E-state index in [4.69, 9.17) is 0 Å². The van der Waals surface area contributed by atoms with Crippen molar-refractivity contribution in [3.8, 4) is 44.5 Å². The molecule has 0 radical (unpaired) electrons. The van der Waals surface area contributed by atoms with E-state index in [-0.39, 0.29) is 11.6 Å². The fraction of sp³-hybridized carbons (Fsp3) is 0.143. The summed E-state index contributed by atoms with van der Waals surface area (Å²) in [5, 5.41) is 15.8. The minimum absolute atomic E-state index is 0.323. The van der Waals surface area contributed by atoms with E-state index in [2.05, 4.69) is 331 Å². The normalized spacial score (nSPS) is 12.5. The highest BCUT2D eigenvalue weighted by molar-refractivity contribution is 6.90. The van der Waals surface area contributed by atoms with E-state index in [1.165, 1.54) is 20.7 Å². The van der Waals surface area contributed by atoms with Crippen molar-refractivity contribution in [2.24, 2.45) is 0 Å². The second-order valence-corrected chi connectivity index (χ2v) is 49.7. The lowest BCUT2D eigenvalue weighted by Crippen LogP contribution is -2.37. The molecule has 0 unspecified atom stereocenters. The summed E-state index contributed by atoms with van der Waals surface area (Å²) in [5.41, 5.74) is 11.4. The molecular weight excluding hydrogens is 1190 g/mol. The second-order valence-electron chi connectivity index (χ2n) is 29.3. The van der Waals surface area contributed by atoms with E-state index in [0.29, 0.717) is 11.4 Å². The predicted molar refractivity (Wildman–Crippen MR) is 408 cm³/mol. The lowest BCUT2D eigenvalue weighted by atomic mass is 9.90. The van der Waals surface area contributed by atoms with Gasteiger partial charge in [0.2, 0.25) is 0 Å². The summed E-state index contributed by atoms with van der Waals surface area (Å²) >= 11 is 0. The fourth-order valence-electron chi connectivity index (χ4n) is 13.6. The summed E-state index contributed by atoms with van der Waals surface area (Å²) in [5.74, 6) is -0.647. The van der Waals surface area contributed by atoms with Crippen LogP contribution >= 0.6 is 0 Å². The van der Waals surface area contributed by atoms with Crippen molar-refractivity contribution < 1.29 is 8.78 Å². The van der Waals surface area contributed by atoms with Gasteiger partial charge in [0.1, 0.15) is 11.6 Å². The van der Waals surface area contributed by atoms with Gasteiger partial charge in [-0.15, -0.1) is 0 Å². The van der Waals surface area contributed by atoms with Gasteiger partial charge in [0.05, 0.1) is 55.0 Å². The van der Waals surface area contributed by atoms with Crippen LogP contribution in [0.15, 0.2) is 255 Å². The number of hydrogen-bond acceptors (Lipinski definition) is 2. The number of hydrogen-bond donors (Lipinski definition) is 0. The molecule has 0 bridgehead atoms. The van der Waals surface area contributed by atoms with Crippen molar-refractivity contribution in [3.63, 3.8) is 0 Å². The van der Waals surface area contributed by atoms with Gasteiger partial charge in [0.15, 0.2) is 0 Å². The molecule has 0 aliphatic heterocycles. The fourth-order valence-corrected chi connectivity index (χ4v) is 18.3. The highest BCUT2D eigenvalue weighted by atomic mass is 28.3. The first kappa shape index (κ1) is 60.5. The van der Waals surface area contributed by atoms with E-state index in [9.17, 15) is 0 Å². The number of rotatable bonds is 14. The highest BCUT2D eigenvalue weighted by Gasteiger charge is 2.30. The van der Waals surface area contributed by atoms with Gasteiger partial charge >= 0.3 is 0 Å². The Morgan fingerprint density at radius 3 is 0.870 bits per heavy atom. The van der Waals surface area contributed by atoms with Crippen LogP contribution < -0.4 is 30.5 Å². The molecule has 0 atom stereocenters. The summed E-state index contributed by atoms with van der Waals surface area (Å²) in [6, 6.07) is 90.7. The van der Waals surface area contributed by atoms with Crippen molar-refractivity contribution in [1.82, 2.24) is 0 Å². The van der Waals surface area contributed by atoms with Gasteiger partial charge in [0.25, 0.3) is 0 Å². The molecule has 0 aromatic heterocycles. The Labute approximate surface area is 545 Å². The number of halogens is 2. The Morgan fingerprint density at radius 1 is 0.250 bits per heavy atom. The molecule has 0 aliphatic rings. The molecule has 0 spiro atoms. The van der Waals surface area contributed by atoms with Crippen LogP contribution in [0.4, 0.5) is 42.9 Å². The van der Waals surface area contributed by atoms with Crippen LogP contribution in [0.3, 0.4) is 0 Å². The van der Waals surface area contributed by atoms with Crippen LogP contribution in [0.5, 0.6) is 0 Å². The minimum atomic E-state index is -1.70. The van der Waals surface area contributed by atoms with Gasteiger partial charge in [-0.05, 0) is 137 Å². The summed E-state index contributed by atoms with van der Waals surface area (Å²) in [6.45, 7) is 28.4. The van der Waals surface area contributed by atoms with Crippen molar-refractivity contribution in [2.75, 3.05) is 9.80 Å². The Hall–Kier alpha value is -9.03. The third kappa shape index (κ3) is 11.2. The lowest BCUT2D eigenvalue weighted by Gasteiger charge is -2.32. The van der Waals surface area contributed by atoms with Crippen molar-refractivity contribution >= 4 is 141 Å². The van der Waals surface area contributed by atoms with E-state index >= 15 is 8.78 Å². The molecule has 14 aromatic rings. The minimum Gasteiger partial charge on any atom is -0.307 e. The summed E-state index contributed by atoms with van der Waals surface area (Å²) in [4.78, 5) is 4.34. The lowest BCUT2D eigenvalue weighted by molar-refractivity contribution is 0.629.